The molecule has 1 fully saturated rings. The van der Waals surface area contributed by atoms with Crippen LogP contribution in [-0.2, 0) is 17.9 Å². The largest absolute Gasteiger partial charge is 0.493 e. The number of ether oxygens (including phenoxy) is 3. The highest BCUT2D eigenvalue weighted by atomic mass is 79.9. The van der Waals surface area contributed by atoms with Gasteiger partial charge in [-0.05, 0) is 64.2 Å². The Bertz CT molecular complexity index is 786. The Morgan fingerprint density at radius 2 is 2.00 bits per heavy atom. The maximum absolute atomic E-state index is 6.06. The molecule has 3 rings (SSSR count). The van der Waals surface area contributed by atoms with Crippen molar-refractivity contribution in [3.63, 3.8) is 0 Å². The molecule has 1 heterocycles. The molecule has 0 aromatic heterocycles. The van der Waals surface area contributed by atoms with E-state index in [2.05, 4.69) is 21.2 Å². The van der Waals surface area contributed by atoms with E-state index in [9.17, 15) is 0 Å². The Morgan fingerprint density at radius 3 is 2.68 bits per heavy atom. The van der Waals surface area contributed by atoms with E-state index in [1.165, 1.54) is 0 Å². The van der Waals surface area contributed by atoms with Crippen molar-refractivity contribution < 1.29 is 14.2 Å². The van der Waals surface area contributed by atoms with Crippen LogP contribution in [0.4, 0.5) is 0 Å². The second-order valence-corrected chi connectivity index (χ2v) is 8.08. The fraction of sp³-hybridized carbons (Fsp3) is 0.400. The SMILES string of the molecule is COc1cc(CNCC2CCCO2)cc(Br)c1OCc1ccc(Cl)c(Cl)c1.Cl. The van der Waals surface area contributed by atoms with Crippen LogP contribution in [0.25, 0.3) is 0 Å². The van der Waals surface area contributed by atoms with Crippen molar-refractivity contribution in [1.82, 2.24) is 5.32 Å². The van der Waals surface area contributed by atoms with Crippen molar-refractivity contribution >= 4 is 51.5 Å². The van der Waals surface area contributed by atoms with Gasteiger partial charge in [0, 0.05) is 19.7 Å². The lowest BCUT2D eigenvalue weighted by Gasteiger charge is -2.16. The van der Waals surface area contributed by atoms with Crippen molar-refractivity contribution in [2.24, 2.45) is 0 Å². The number of hydrogen-bond donors (Lipinski definition) is 1. The Hall–Kier alpha value is -0.690. The number of nitrogens with one attached hydrogen (secondary N) is 1. The van der Waals surface area contributed by atoms with Gasteiger partial charge in [-0.3, -0.25) is 0 Å². The molecule has 8 heteroatoms. The summed E-state index contributed by atoms with van der Waals surface area (Å²) in [4.78, 5) is 0. The van der Waals surface area contributed by atoms with Crippen LogP contribution in [0.15, 0.2) is 34.8 Å². The van der Waals surface area contributed by atoms with E-state index in [-0.39, 0.29) is 12.4 Å². The molecule has 1 aliphatic rings. The molecule has 0 aliphatic carbocycles. The second kappa shape index (κ2) is 11.5. The summed E-state index contributed by atoms with van der Waals surface area (Å²) in [6.45, 7) is 2.83. The summed E-state index contributed by atoms with van der Waals surface area (Å²) in [5.74, 6) is 1.34. The van der Waals surface area contributed by atoms with Crippen molar-refractivity contribution in [2.75, 3.05) is 20.3 Å². The molecule has 28 heavy (non-hydrogen) atoms. The highest BCUT2D eigenvalue weighted by Gasteiger charge is 2.16. The minimum Gasteiger partial charge on any atom is -0.493 e. The predicted molar refractivity (Wildman–Crippen MR) is 119 cm³/mol. The van der Waals surface area contributed by atoms with Gasteiger partial charge in [-0.25, -0.2) is 0 Å². The standard InChI is InChI=1S/C20H22BrCl2NO3.ClH/c1-25-19-9-14(10-24-11-15-3-2-6-26-15)7-16(21)20(19)27-12-13-4-5-17(22)18(23)8-13;/h4-5,7-9,15,24H,2-3,6,10-12H2,1H3;1H. The number of benzene rings is 2. The molecule has 2 aromatic carbocycles. The molecule has 1 aliphatic heterocycles. The van der Waals surface area contributed by atoms with Crippen LogP contribution in [-0.4, -0.2) is 26.4 Å². The summed E-state index contributed by atoms with van der Waals surface area (Å²) in [7, 11) is 1.64. The number of halogens is 4. The van der Waals surface area contributed by atoms with Gasteiger partial charge in [0.1, 0.15) is 6.61 Å². The summed E-state index contributed by atoms with van der Waals surface area (Å²) in [5, 5.41) is 4.48. The van der Waals surface area contributed by atoms with Gasteiger partial charge in [-0.1, -0.05) is 29.3 Å². The van der Waals surface area contributed by atoms with Gasteiger partial charge >= 0.3 is 0 Å². The fourth-order valence-corrected chi connectivity index (χ4v) is 3.91. The van der Waals surface area contributed by atoms with Crippen LogP contribution in [0, 0.1) is 0 Å². The average molecular weight is 512 g/mol. The smallest absolute Gasteiger partial charge is 0.175 e. The van der Waals surface area contributed by atoms with E-state index in [1.807, 2.05) is 18.2 Å². The molecule has 1 N–H and O–H groups in total. The van der Waals surface area contributed by atoms with Gasteiger partial charge in [0.15, 0.2) is 11.5 Å². The van der Waals surface area contributed by atoms with E-state index in [0.29, 0.717) is 34.3 Å². The third-order valence-electron chi connectivity index (χ3n) is 4.38. The monoisotopic (exact) mass is 509 g/mol. The quantitative estimate of drug-likeness (QED) is 0.470. The van der Waals surface area contributed by atoms with Crippen LogP contribution in [0.2, 0.25) is 10.0 Å². The zero-order valence-corrected chi connectivity index (χ0v) is 19.4. The molecular formula is C20H23BrCl3NO3. The molecule has 1 unspecified atom stereocenters. The molecule has 154 valence electrons. The first-order chi connectivity index (χ1) is 13.1. The summed E-state index contributed by atoms with van der Waals surface area (Å²) < 4.78 is 18.0. The van der Waals surface area contributed by atoms with Crippen molar-refractivity contribution in [1.29, 1.82) is 0 Å². The van der Waals surface area contributed by atoms with Gasteiger partial charge in [0.25, 0.3) is 0 Å². The Labute approximate surface area is 190 Å². The Kier molecular flexibility index (Phi) is 9.67. The minimum absolute atomic E-state index is 0. The Morgan fingerprint density at radius 1 is 1.18 bits per heavy atom. The van der Waals surface area contributed by atoms with Crippen LogP contribution >= 0.6 is 51.5 Å². The first-order valence-electron chi connectivity index (χ1n) is 8.82. The van der Waals surface area contributed by atoms with Crippen LogP contribution < -0.4 is 14.8 Å². The van der Waals surface area contributed by atoms with E-state index >= 15 is 0 Å². The molecule has 4 nitrogen and oxygen atoms in total. The molecule has 0 spiro atoms. The topological polar surface area (TPSA) is 39.7 Å². The minimum atomic E-state index is 0. The molecule has 0 amide bonds. The summed E-state index contributed by atoms with van der Waals surface area (Å²) >= 11 is 15.6. The predicted octanol–water partition coefficient (Wildman–Crippen LogP) is 6.03. The molecular weight excluding hydrogens is 488 g/mol. The molecule has 0 radical (unpaired) electrons. The van der Waals surface area contributed by atoms with E-state index in [1.54, 1.807) is 19.2 Å². The van der Waals surface area contributed by atoms with Crippen LogP contribution in [0.3, 0.4) is 0 Å². The fourth-order valence-electron chi connectivity index (χ4n) is 2.98. The maximum atomic E-state index is 6.06. The number of rotatable bonds is 8. The van der Waals surface area contributed by atoms with E-state index < -0.39 is 0 Å². The molecule has 0 saturated carbocycles. The number of methoxy groups -OCH3 is 1. The van der Waals surface area contributed by atoms with Crippen LogP contribution in [0.5, 0.6) is 11.5 Å². The van der Waals surface area contributed by atoms with Crippen LogP contribution in [0.1, 0.15) is 24.0 Å². The molecule has 2 aromatic rings. The third-order valence-corrected chi connectivity index (χ3v) is 5.71. The molecule has 1 saturated heterocycles. The van der Waals surface area contributed by atoms with Crippen molar-refractivity contribution in [3.05, 3.63) is 56.0 Å². The lowest BCUT2D eigenvalue weighted by atomic mass is 10.2. The highest BCUT2D eigenvalue weighted by molar-refractivity contribution is 9.10. The zero-order chi connectivity index (χ0) is 19.2. The van der Waals surface area contributed by atoms with E-state index in [4.69, 9.17) is 37.4 Å². The Balaban J connectivity index is 0.00000280. The molecule has 0 bridgehead atoms. The van der Waals surface area contributed by atoms with Gasteiger partial charge < -0.3 is 19.5 Å². The normalized spacial score (nSPS) is 15.9. The third kappa shape index (κ3) is 6.41. The van der Waals surface area contributed by atoms with Crippen molar-refractivity contribution in [3.8, 4) is 11.5 Å². The van der Waals surface area contributed by atoms with Gasteiger partial charge in [-0.15, -0.1) is 12.4 Å². The second-order valence-electron chi connectivity index (χ2n) is 6.41. The average Bonchev–Trinajstić information content (AvgIpc) is 3.16. The first-order valence-corrected chi connectivity index (χ1v) is 10.4. The number of hydrogen-bond acceptors (Lipinski definition) is 4. The van der Waals surface area contributed by atoms with Crippen molar-refractivity contribution in [2.45, 2.75) is 32.1 Å². The first kappa shape index (κ1) is 23.6. The maximum Gasteiger partial charge on any atom is 0.175 e. The lowest BCUT2D eigenvalue weighted by molar-refractivity contribution is 0.110. The van der Waals surface area contributed by atoms with Gasteiger partial charge in [-0.2, -0.15) is 0 Å². The van der Waals surface area contributed by atoms with Gasteiger partial charge in [0.05, 0.1) is 27.7 Å². The van der Waals surface area contributed by atoms with Gasteiger partial charge in [0.2, 0.25) is 0 Å². The summed E-state index contributed by atoms with van der Waals surface area (Å²) in [5.41, 5.74) is 2.04. The van der Waals surface area contributed by atoms with E-state index in [0.717, 1.165) is 48.1 Å². The molecule has 1 atom stereocenters. The highest BCUT2D eigenvalue weighted by Crippen LogP contribution is 2.37. The summed E-state index contributed by atoms with van der Waals surface area (Å²) in [6.07, 6.45) is 2.60. The lowest BCUT2D eigenvalue weighted by Crippen LogP contribution is -2.25. The summed E-state index contributed by atoms with van der Waals surface area (Å²) in [6, 6.07) is 9.47. The zero-order valence-electron chi connectivity index (χ0n) is 15.5.